The minimum atomic E-state index is -4.48. The number of esters is 1. The molecule has 0 amide bonds. The summed E-state index contributed by atoms with van der Waals surface area (Å²) in [5, 5.41) is 0.273. The molecule has 1 N–H and O–H groups in total. The summed E-state index contributed by atoms with van der Waals surface area (Å²) < 4.78 is 30.1. The van der Waals surface area contributed by atoms with Gasteiger partial charge in [-0.25, -0.2) is 18.0 Å². The van der Waals surface area contributed by atoms with Gasteiger partial charge in [0.25, 0.3) is 15.6 Å². The summed E-state index contributed by atoms with van der Waals surface area (Å²) >= 11 is 5.81. The molecule has 0 aliphatic rings. The Morgan fingerprint density at radius 2 is 1.77 bits per heavy atom. The van der Waals surface area contributed by atoms with E-state index in [2.05, 4.69) is 9.72 Å². The minimum Gasteiger partial charge on any atom is -0.465 e. The highest BCUT2D eigenvalue weighted by Gasteiger charge is 2.23. The number of hydrogen-bond acceptors (Lipinski definition) is 6. The van der Waals surface area contributed by atoms with E-state index in [9.17, 15) is 22.8 Å². The van der Waals surface area contributed by atoms with Crippen molar-refractivity contribution in [2.75, 3.05) is 7.11 Å². The zero-order valence-electron chi connectivity index (χ0n) is 13.2. The molecular weight excluding hydrogens is 384 g/mol. The first kappa shape index (κ1) is 17.9. The topological polar surface area (TPSA) is 115 Å². The lowest BCUT2D eigenvalue weighted by atomic mass is 10.2. The number of hydrogen-bond donors (Lipinski definition) is 1. The summed E-state index contributed by atoms with van der Waals surface area (Å²) in [6.07, 6.45) is 0. The van der Waals surface area contributed by atoms with Crippen LogP contribution >= 0.6 is 11.6 Å². The molecule has 134 valence electrons. The van der Waals surface area contributed by atoms with E-state index in [1.807, 2.05) is 0 Å². The maximum Gasteiger partial charge on any atom is 0.343 e. The smallest absolute Gasteiger partial charge is 0.343 e. The summed E-state index contributed by atoms with van der Waals surface area (Å²) in [5.41, 5.74) is -1.87. The highest BCUT2D eigenvalue weighted by molar-refractivity contribution is 7.90. The van der Waals surface area contributed by atoms with Crippen LogP contribution in [0.25, 0.3) is 10.9 Å². The number of nitrogens with zero attached hydrogens (tertiary/aromatic N) is 1. The number of fused-ring (bicyclic) bond motifs is 1. The zero-order valence-corrected chi connectivity index (χ0v) is 14.8. The maximum absolute atomic E-state index is 12.7. The number of aromatic nitrogens is 2. The van der Waals surface area contributed by atoms with Crippen LogP contribution in [0.4, 0.5) is 0 Å². The van der Waals surface area contributed by atoms with Crippen molar-refractivity contribution in [2.45, 2.75) is 4.90 Å². The van der Waals surface area contributed by atoms with E-state index in [0.717, 1.165) is 12.1 Å². The van der Waals surface area contributed by atoms with Gasteiger partial charge in [0.2, 0.25) is 0 Å². The average molecular weight is 395 g/mol. The molecule has 3 rings (SSSR count). The van der Waals surface area contributed by atoms with Crippen LogP contribution in [0.2, 0.25) is 5.02 Å². The quantitative estimate of drug-likeness (QED) is 0.671. The second kappa shape index (κ2) is 6.43. The molecule has 0 aliphatic heterocycles. The predicted molar refractivity (Wildman–Crippen MR) is 94.2 cm³/mol. The van der Waals surface area contributed by atoms with E-state index >= 15 is 0 Å². The van der Waals surface area contributed by atoms with Crippen molar-refractivity contribution in [1.29, 1.82) is 0 Å². The standard InChI is InChI=1S/C16H11ClN2O6S/c1-25-15(21)9-2-5-11(6-3-9)26(23,24)19-14(20)12-7-4-10(17)8-13(12)18-16(19)22/h2-8H,1H3,(H,18,22). The number of aromatic amines is 1. The van der Waals surface area contributed by atoms with Crippen LogP contribution in [-0.2, 0) is 14.8 Å². The fourth-order valence-corrected chi connectivity index (χ4v) is 3.82. The molecule has 0 fully saturated rings. The van der Waals surface area contributed by atoms with Crippen LogP contribution in [0.15, 0.2) is 56.9 Å². The fourth-order valence-electron chi connectivity index (χ4n) is 2.38. The molecule has 0 aliphatic carbocycles. The van der Waals surface area contributed by atoms with E-state index in [-0.39, 0.29) is 30.4 Å². The van der Waals surface area contributed by atoms with Gasteiger partial charge in [0.05, 0.1) is 28.5 Å². The largest absolute Gasteiger partial charge is 0.465 e. The number of nitrogens with one attached hydrogen (secondary N) is 1. The van der Waals surface area contributed by atoms with Crippen molar-refractivity contribution >= 4 is 38.5 Å². The summed E-state index contributed by atoms with van der Waals surface area (Å²) in [5.74, 6) is -0.647. The van der Waals surface area contributed by atoms with Gasteiger partial charge in [0, 0.05) is 5.02 Å². The number of halogens is 1. The van der Waals surface area contributed by atoms with Gasteiger partial charge in [-0.3, -0.25) is 4.79 Å². The third kappa shape index (κ3) is 2.91. The molecule has 1 heterocycles. The first-order valence-electron chi connectivity index (χ1n) is 7.14. The van der Waals surface area contributed by atoms with Gasteiger partial charge in [-0.05, 0) is 42.5 Å². The van der Waals surface area contributed by atoms with E-state index in [1.54, 1.807) is 0 Å². The highest BCUT2D eigenvalue weighted by Crippen LogP contribution is 2.16. The molecule has 0 atom stereocenters. The lowest BCUT2D eigenvalue weighted by molar-refractivity contribution is 0.0600. The lowest BCUT2D eigenvalue weighted by Crippen LogP contribution is -2.39. The Hall–Kier alpha value is -2.91. The van der Waals surface area contributed by atoms with Gasteiger partial charge in [-0.15, -0.1) is 3.97 Å². The second-order valence-corrected chi connectivity index (χ2v) is 7.43. The van der Waals surface area contributed by atoms with Gasteiger partial charge >= 0.3 is 11.7 Å². The Balaban J connectivity index is 2.22. The van der Waals surface area contributed by atoms with Crippen LogP contribution < -0.4 is 11.2 Å². The Morgan fingerprint density at radius 3 is 2.38 bits per heavy atom. The average Bonchev–Trinajstić information content (AvgIpc) is 2.60. The first-order valence-corrected chi connectivity index (χ1v) is 8.96. The first-order chi connectivity index (χ1) is 12.3. The molecule has 3 aromatic rings. The van der Waals surface area contributed by atoms with Crippen LogP contribution in [0.3, 0.4) is 0 Å². The fraction of sp³-hybridized carbons (Fsp3) is 0.0625. The molecule has 10 heteroatoms. The number of ether oxygens (including phenoxy) is 1. The second-order valence-electron chi connectivity index (χ2n) is 5.21. The summed E-state index contributed by atoms with van der Waals surface area (Å²) in [7, 11) is -3.29. The third-order valence-corrected chi connectivity index (χ3v) is 5.55. The van der Waals surface area contributed by atoms with Crippen LogP contribution in [0.5, 0.6) is 0 Å². The third-order valence-electron chi connectivity index (χ3n) is 3.64. The van der Waals surface area contributed by atoms with E-state index in [0.29, 0.717) is 0 Å². The van der Waals surface area contributed by atoms with Gasteiger partial charge in [-0.2, -0.15) is 0 Å². The molecule has 26 heavy (non-hydrogen) atoms. The summed E-state index contributed by atoms with van der Waals surface area (Å²) in [6, 6.07) is 8.74. The highest BCUT2D eigenvalue weighted by atomic mass is 35.5. The van der Waals surface area contributed by atoms with Crippen molar-refractivity contribution in [3.05, 3.63) is 73.9 Å². The molecule has 0 spiro atoms. The van der Waals surface area contributed by atoms with E-state index < -0.39 is 27.2 Å². The zero-order chi connectivity index (χ0) is 19.1. The number of benzene rings is 2. The SMILES string of the molecule is COC(=O)c1ccc(S(=O)(=O)n2c(=O)[nH]c3cc(Cl)ccc3c2=O)cc1. The van der Waals surface area contributed by atoms with Gasteiger partial charge in [0.1, 0.15) is 0 Å². The molecule has 0 saturated heterocycles. The van der Waals surface area contributed by atoms with E-state index in [1.165, 1.54) is 37.4 Å². The minimum absolute atomic E-state index is 0.0104. The molecule has 0 saturated carbocycles. The Morgan fingerprint density at radius 1 is 1.12 bits per heavy atom. The number of methoxy groups -OCH3 is 1. The van der Waals surface area contributed by atoms with E-state index in [4.69, 9.17) is 11.6 Å². The van der Waals surface area contributed by atoms with Crippen molar-refractivity contribution in [3.8, 4) is 0 Å². The Bertz CT molecular complexity index is 1240. The molecule has 1 aromatic heterocycles. The number of carbonyl (C=O) groups is 1. The molecule has 8 nitrogen and oxygen atoms in total. The van der Waals surface area contributed by atoms with Crippen molar-refractivity contribution in [1.82, 2.24) is 8.96 Å². The normalized spacial score (nSPS) is 11.5. The van der Waals surface area contributed by atoms with Crippen LogP contribution in [0, 0.1) is 0 Å². The van der Waals surface area contributed by atoms with Crippen molar-refractivity contribution in [3.63, 3.8) is 0 Å². The van der Waals surface area contributed by atoms with Crippen LogP contribution in [0.1, 0.15) is 10.4 Å². The molecule has 0 bridgehead atoms. The maximum atomic E-state index is 12.7. The van der Waals surface area contributed by atoms with Gasteiger partial charge in [0.15, 0.2) is 0 Å². The Kier molecular flexibility index (Phi) is 4.43. The van der Waals surface area contributed by atoms with Gasteiger partial charge < -0.3 is 9.72 Å². The Labute approximate surface area is 151 Å². The van der Waals surface area contributed by atoms with Crippen molar-refractivity contribution < 1.29 is 17.9 Å². The lowest BCUT2D eigenvalue weighted by Gasteiger charge is -2.08. The monoisotopic (exact) mass is 394 g/mol. The summed E-state index contributed by atoms with van der Waals surface area (Å²) in [6.45, 7) is 0. The molecular formula is C16H11ClN2O6S. The number of carbonyl (C=O) groups excluding carboxylic acids is 1. The summed E-state index contributed by atoms with van der Waals surface area (Å²) in [4.78, 5) is 38.2. The molecule has 0 radical (unpaired) electrons. The number of rotatable bonds is 3. The predicted octanol–water partition coefficient (Wildman–Crippen LogP) is 1.37. The van der Waals surface area contributed by atoms with Gasteiger partial charge in [-0.1, -0.05) is 11.6 Å². The molecule has 0 unspecified atom stereocenters. The molecule has 2 aromatic carbocycles. The van der Waals surface area contributed by atoms with Crippen LogP contribution in [-0.4, -0.2) is 30.5 Å². The van der Waals surface area contributed by atoms with Crippen molar-refractivity contribution in [2.24, 2.45) is 0 Å². The number of H-pyrrole nitrogens is 1.